The van der Waals surface area contributed by atoms with Gasteiger partial charge in [-0.3, -0.25) is 4.99 Å². The molecular weight excluding hydrogens is 411 g/mol. The van der Waals surface area contributed by atoms with Crippen LogP contribution < -0.4 is 16.0 Å². The van der Waals surface area contributed by atoms with Crippen LogP contribution in [0, 0.1) is 5.92 Å². The van der Waals surface area contributed by atoms with E-state index in [1.807, 2.05) is 6.92 Å². The van der Waals surface area contributed by atoms with Gasteiger partial charge in [-0.25, -0.2) is 4.98 Å². The van der Waals surface area contributed by atoms with E-state index in [-0.39, 0.29) is 0 Å². The van der Waals surface area contributed by atoms with Gasteiger partial charge >= 0.3 is 6.18 Å². The lowest BCUT2D eigenvalue weighted by molar-refractivity contribution is -0.137. The monoisotopic (exact) mass is 445 g/mol. The summed E-state index contributed by atoms with van der Waals surface area (Å²) in [7, 11) is 0. The average molecular weight is 446 g/mol. The van der Waals surface area contributed by atoms with Crippen LogP contribution in [0.5, 0.6) is 0 Å². The maximum atomic E-state index is 12.5. The van der Waals surface area contributed by atoms with Crippen LogP contribution in [-0.4, -0.2) is 63.6 Å². The first-order valence-electron chi connectivity index (χ1n) is 10.9. The second-order valence-corrected chi connectivity index (χ2v) is 7.38. The summed E-state index contributed by atoms with van der Waals surface area (Å²) >= 11 is 0. The largest absolute Gasteiger partial charge is 0.417 e. The zero-order valence-corrected chi connectivity index (χ0v) is 18.1. The number of anilines is 1. The molecule has 1 fully saturated rings. The maximum absolute atomic E-state index is 12.5. The third kappa shape index (κ3) is 10.7. The van der Waals surface area contributed by atoms with Crippen LogP contribution in [0.4, 0.5) is 19.0 Å². The molecule has 7 nitrogen and oxygen atoms in total. The van der Waals surface area contributed by atoms with Gasteiger partial charge in [-0.1, -0.05) is 0 Å². The van der Waals surface area contributed by atoms with E-state index in [0.717, 1.165) is 76.8 Å². The highest BCUT2D eigenvalue weighted by atomic mass is 19.4. The SMILES string of the molecule is CCNC(=NCCCNc1ccc(C(F)(F)F)cn1)NCCCOCC1CCOCC1. The van der Waals surface area contributed by atoms with Gasteiger partial charge in [-0.05, 0) is 50.7 Å². The minimum absolute atomic E-state index is 0.419. The number of nitrogens with zero attached hydrogens (tertiary/aromatic N) is 2. The molecule has 31 heavy (non-hydrogen) atoms. The third-order valence-corrected chi connectivity index (χ3v) is 4.80. The predicted molar refractivity (Wildman–Crippen MR) is 115 cm³/mol. The van der Waals surface area contributed by atoms with E-state index < -0.39 is 11.7 Å². The second-order valence-electron chi connectivity index (χ2n) is 7.38. The van der Waals surface area contributed by atoms with E-state index >= 15 is 0 Å². The summed E-state index contributed by atoms with van der Waals surface area (Å²) in [6.07, 6.45) is 0.259. The minimum atomic E-state index is -4.37. The topological polar surface area (TPSA) is 79.8 Å². The fourth-order valence-electron chi connectivity index (χ4n) is 3.04. The molecule has 1 aromatic heterocycles. The average Bonchev–Trinajstić information content (AvgIpc) is 2.76. The third-order valence-electron chi connectivity index (χ3n) is 4.80. The molecule has 0 spiro atoms. The summed E-state index contributed by atoms with van der Waals surface area (Å²) in [5, 5.41) is 9.50. The number of hydrogen-bond donors (Lipinski definition) is 3. The van der Waals surface area contributed by atoms with Crippen molar-refractivity contribution in [3.8, 4) is 0 Å². The smallest absolute Gasteiger partial charge is 0.381 e. The quantitative estimate of drug-likeness (QED) is 0.260. The van der Waals surface area contributed by atoms with E-state index in [2.05, 4.69) is 25.9 Å². The van der Waals surface area contributed by atoms with Crippen LogP contribution in [0.3, 0.4) is 0 Å². The van der Waals surface area contributed by atoms with Crippen molar-refractivity contribution in [2.24, 2.45) is 10.9 Å². The highest BCUT2D eigenvalue weighted by Gasteiger charge is 2.30. The van der Waals surface area contributed by atoms with Crippen molar-refractivity contribution in [2.75, 3.05) is 57.9 Å². The fraction of sp³-hybridized carbons (Fsp3) is 0.714. The first-order valence-corrected chi connectivity index (χ1v) is 10.9. The number of ether oxygens (including phenoxy) is 2. The lowest BCUT2D eigenvalue weighted by Crippen LogP contribution is -2.38. The highest BCUT2D eigenvalue weighted by Crippen LogP contribution is 2.28. The number of guanidine groups is 1. The number of pyridine rings is 1. The van der Waals surface area contributed by atoms with Gasteiger partial charge in [0.05, 0.1) is 5.56 Å². The molecule has 2 rings (SSSR count). The standard InChI is InChI=1S/C21H34F3N5O2/c1-2-25-20(28-11-4-12-31-16-17-7-13-30-14-8-17)27-10-3-9-26-19-6-5-18(15-29-19)21(22,23)24/h5-6,15,17H,2-4,7-14,16H2,1H3,(H,26,29)(H2,25,27,28). The number of hydrogen-bond acceptors (Lipinski definition) is 5. The Kier molecular flexibility index (Phi) is 11.4. The van der Waals surface area contributed by atoms with Gasteiger partial charge in [-0.15, -0.1) is 0 Å². The van der Waals surface area contributed by atoms with Gasteiger partial charge in [0.15, 0.2) is 5.96 Å². The zero-order valence-electron chi connectivity index (χ0n) is 18.1. The Morgan fingerprint density at radius 1 is 1.19 bits per heavy atom. The van der Waals surface area contributed by atoms with Crippen LogP contribution in [0.15, 0.2) is 23.3 Å². The number of alkyl halides is 3. The fourth-order valence-corrected chi connectivity index (χ4v) is 3.04. The molecule has 2 heterocycles. The van der Waals surface area contributed by atoms with E-state index in [1.54, 1.807) is 0 Å². The van der Waals surface area contributed by atoms with Gasteiger partial charge in [0.1, 0.15) is 5.82 Å². The Hall–Kier alpha value is -2.07. The molecule has 10 heteroatoms. The lowest BCUT2D eigenvalue weighted by atomic mass is 10.0. The molecule has 0 unspecified atom stereocenters. The van der Waals surface area contributed by atoms with Crippen molar-refractivity contribution in [3.63, 3.8) is 0 Å². The van der Waals surface area contributed by atoms with Crippen LogP contribution in [0.1, 0.15) is 38.2 Å². The minimum Gasteiger partial charge on any atom is -0.381 e. The molecule has 1 aliphatic heterocycles. The molecule has 0 amide bonds. The zero-order chi connectivity index (χ0) is 22.4. The van der Waals surface area contributed by atoms with Crippen LogP contribution in [0.25, 0.3) is 0 Å². The molecule has 1 aliphatic rings. The number of aliphatic imine (C=N–C) groups is 1. The molecule has 1 saturated heterocycles. The highest BCUT2D eigenvalue weighted by molar-refractivity contribution is 5.79. The molecule has 1 aromatic rings. The van der Waals surface area contributed by atoms with E-state index in [4.69, 9.17) is 9.47 Å². The van der Waals surface area contributed by atoms with Crippen molar-refractivity contribution in [1.29, 1.82) is 0 Å². The van der Waals surface area contributed by atoms with Gasteiger partial charge in [0, 0.05) is 58.8 Å². The molecule has 0 atom stereocenters. The van der Waals surface area contributed by atoms with Gasteiger partial charge in [-0.2, -0.15) is 13.2 Å². The van der Waals surface area contributed by atoms with Crippen molar-refractivity contribution in [1.82, 2.24) is 15.6 Å². The Bertz CT molecular complexity index is 635. The first-order chi connectivity index (χ1) is 15.0. The van der Waals surface area contributed by atoms with Gasteiger partial charge in [0.25, 0.3) is 0 Å². The number of halogens is 3. The second kappa shape index (κ2) is 14.1. The summed E-state index contributed by atoms with van der Waals surface area (Å²) in [5.41, 5.74) is -0.752. The van der Waals surface area contributed by atoms with Gasteiger partial charge < -0.3 is 25.4 Å². The normalized spacial score (nSPS) is 15.7. The first kappa shape index (κ1) is 25.2. The molecule has 176 valence electrons. The van der Waals surface area contributed by atoms with Crippen LogP contribution in [0.2, 0.25) is 0 Å². The van der Waals surface area contributed by atoms with Crippen molar-refractivity contribution in [2.45, 2.75) is 38.8 Å². The number of nitrogens with one attached hydrogen (secondary N) is 3. The molecule has 0 aromatic carbocycles. The molecule has 3 N–H and O–H groups in total. The predicted octanol–water partition coefficient (Wildman–Crippen LogP) is 3.29. The summed E-state index contributed by atoms with van der Waals surface area (Å²) < 4.78 is 48.7. The summed E-state index contributed by atoms with van der Waals surface area (Å²) in [5.74, 6) is 1.79. The van der Waals surface area contributed by atoms with E-state index in [9.17, 15) is 13.2 Å². The van der Waals surface area contributed by atoms with Crippen molar-refractivity contribution >= 4 is 11.8 Å². The Morgan fingerprint density at radius 3 is 2.68 bits per heavy atom. The Labute approximate surface area is 182 Å². The molecule has 0 aliphatic carbocycles. The lowest BCUT2D eigenvalue weighted by Gasteiger charge is -2.21. The summed E-state index contributed by atoms with van der Waals surface area (Å²) in [4.78, 5) is 8.31. The molecule has 0 radical (unpaired) electrons. The van der Waals surface area contributed by atoms with Crippen LogP contribution in [-0.2, 0) is 15.7 Å². The summed E-state index contributed by atoms with van der Waals surface area (Å²) in [6, 6.07) is 2.36. The van der Waals surface area contributed by atoms with E-state index in [0.29, 0.717) is 31.4 Å². The molecular formula is C21H34F3N5O2. The Morgan fingerprint density at radius 2 is 2.00 bits per heavy atom. The molecule has 0 bridgehead atoms. The van der Waals surface area contributed by atoms with Gasteiger partial charge in [0.2, 0.25) is 0 Å². The Balaban J connectivity index is 1.56. The van der Waals surface area contributed by atoms with Crippen LogP contribution >= 0.6 is 0 Å². The summed E-state index contributed by atoms with van der Waals surface area (Å²) in [6.45, 7) is 7.90. The molecule has 0 saturated carbocycles. The van der Waals surface area contributed by atoms with E-state index in [1.165, 1.54) is 6.07 Å². The number of rotatable bonds is 12. The maximum Gasteiger partial charge on any atom is 0.417 e. The number of aromatic nitrogens is 1. The van der Waals surface area contributed by atoms with Crippen molar-refractivity contribution in [3.05, 3.63) is 23.9 Å². The van der Waals surface area contributed by atoms with Crippen molar-refractivity contribution < 1.29 is 22.6 Å².